The monoisotopic (exact) mass is 309 g/mol. The Bertz CT molecular complexity index is 396. The van der Waals surface area contributed by atoms with Crippen molar-refractivity contribution in [1.29, 1.82) is 0 Å². The molecule has 1 aliphatic rings. The van der Waals surface area contributed by atoms with Gasteiger partial charge in [-0.3, -0.25) is 0 Å². The Morgan fingerprint density at radius 3 is 2.57 bits per heavy atom. The SMILES string of the molecule is CCc1ccc(CCC2(CCNCCOC)CCCC2)s1. The second-order valence-electron chi connectivity index (χ2n) is 6.42. The Balaban J connectivity index is 1.77. The summed E-state index contributed by atoms with van der Waals surface area (Å²) in [5.74, 6) is 0. The van der Waals surface area contributed by atoms with Crippen LogP contribution in [-0.4, -0.2) is 26.8 Å². The number of ether oxygens (including phenoxy) is 1. The van der Waals surface area contributed by atoms with Crippen molar-refractivity contribution in [2.24, 2.45) is 5.41 Å². The first kappa shape index (κ1) is 17.0. The molecule has 1 saturated carbocycles. The fraction of sp³-hybridized carbons (Fsp3) is 0.778. The van der Waals surface area contributed by atoms with Crippen molar-refractivity contribution in [2.75, 3.05) is 26.8 Å². The second-order valence-corrected chi connectivity index (χ2v) is 7.67. The van der Waals surface area contributed by atoms with E-state index in [-0.39, 0.29) is 0 Å². The van der Waals surface area contributed by atoms with E-state index in [0.717, 1.165) is 19.7 Å². The van der Waals surface area contributed by atoms with E-state index in [1.165, 1.54) is 56.2 Å². The molecule has 2 rings (SSSR count). The number of aryl methyl sites for hydroxylation is 2. The van der Waals surface area contributed by atoms with Gasteiger partial charge in [-0.2, -0.15) is 0 Å². The minimum Gasteiger partial charge on any atom is -0.383 e. The zero-order valence-corrected chi connectivity index (χ0v) is 14.6. The first-order chi connectivity index (χ1) is 10.3. The van der Waals surface area contributed by atoms with Crippen LogP contribution < -0.4 is 5.32 Å². The van der Waals surface area contributed by atoms with E-state index in [1.807, 2.05) is 11.3 Å². The van der Waals surface area contributed by atoms with E-state index in [4.69, 9.17) is 4.74 Å². The third-order valence-corrected chi connectivity index (χ3v) is 6.24. The Morgan fingerprint density at radius 1 is 1.14 bits per heavy atom. The lowest BCUT2D eigenvalue weighted by Gasteiger charge is -2.29. The molecule has 21 heavy (non-hydrogen) atoms. The lowest BCUT2D eigenvalue weighted by molar-refractivity contribution is 0.194. The highest BCUT2D eigenvalue weighted by molar-refractivity contribution is 7.11. The van der Waals surface area contributed by atoms with Gasteiger partial charge in [0.05, 0.1) is 6.61 Å². The molecular formula is C18H31NOS. The smallest absolute Gasteiger partial charge is 0.0587 e. The summed E-state index contributed by atoms with van der Waals surface area (Å²) in [5.41, 5.74) is 0.608. The molecular weight excluding hydrogens is 278 g/mol. The molecule has 1 heterocycles. The maximum Gasteiger partial charge on any atom is 0.0587 e. The number of rotatable bonds is 10. The summed E-state index contributed by atoms with van der Waals surface area (Å²) >= 11 is 2.02. The molecule has 0 spiro atoms. The van der Waals surface area contributed by atoms with E-state index in [9.17, 15) is 0 Å². The summed E-state index contributed by atoms with van der Waals surface area (Å²) in [5, 5.41) is 3.53. The highest BCUT2D eigenvalue weighted by atomic mass is 32.1. The minimum atomic E-state index is 0.608. The highest BCUT2D eigenvalue weighted by Gasteiger charge is 2.32. The molecule has 2 nitrogen and oxygen atoms in total. The van der Waals surface area contributed by atoms with Gasteiger partial charge in [-0.15, -0.1) is 11.3 Å². The van der Waals surface area contributed by atoms with Gasteiger partial charge >= 0.3 is 0 Å². The number of hydrogen-bond donors (Lipinski definition) is 1. The van der Waals surface area contributed by atoms with Crippen LogP contribution in [0.5, 0.6) is 0 Å². The van der Waals surface area contributed by atoms with Crippen LogP contribution in [0.15, 0.2) is 12.1 Å². The Kier molecular flexibility index (Phi) is 7.21. The molecule has 120 valence electrons. The molecule has 3 heteroatoms. The van der Waals surface area contributed by atoms with Crippen LogP contribution in [-0.2, 0) is 17.6 Å². The molecule has 0 radical (unpaired) electrons. The Morgan fingerprint density at radius 2 is 1.90 bits per heavy atom. The molecule has 1 aromatic rings. The van der Waals surface area contributed by atoms with Crippen molar-refractivity contribution in [1.82, 2.24) is 5.32 Å². The highest BCUT2D eigenvalue weighted by Crippen LogP contribution is 2.44. The number of hydrogen-bond acceptors (Lipinski definition) is 3. The van der Waals surface area contributed by atoms with E-state index in [2.05, 4.69) is 24.4 Å². The van der Waals surface area contributed by atoms with Gasteiger partial charge in [-0.05, 0) is 62.6 Å². The molecule has 0 unspecified atom stereocenters. The largest absolute Gasteiger partial charge is 0.383 e. The van der Waals surface area contributed by atoms with E-state index < -0.39 is 0 Å². The third-order valence-electron chi connectivity index (χ3n) is 4.95. The minimum absolute atomic E-state index is 0.608. The first-order valence-electron chi connectivity index (χ1n) is 8.55. The molecule has 1 aliphatic carbocycles. The zero-order chi connectivity index (χ0) is 15.0. The van der Waals surface area contributed by atoms with Gasteiger partial charge in [0.2, 0.25) is 0 Å². The summed E-state index contributed by atoms with van der Waals surface area (Å²) in [7, 11) is 1.77. The summed E-state index contributed by atoms with van der Waals surface area (Å²) in [6.07, 6.45) is 10.9. The molecule has 0 saturated heterocycles. The van der Waals surface area contributed by atoms with Crippen molar-refractivity contribution in [3.8, 4) is 0 Å². The molecule has 1 aromatic heterocycles. The van der Waals surface area contributed by atoms with E-state index in [0.29, 0.717) is 5.41 Å². The predicted octanol–water partition coefficient (Wildman–Crippen LogP) is 4.43. The van der Waals surface area contributed by atoms with Crippen molar-refractivity contribution >= 4 is 11.3 Å². The Hall–Kier alpha value is -0.380. The molecule has 0 aliphatic heterocycles. The standard InChI is InChI=1S/C18H31NOS/c1-3-16-6-7-17(21-16)8-11-18(9-4-5-10-18)12-13-19-14-15-20-2/h6-7,19H,3-5,8-15H2,1-2H3. The third kappa shape index (κ3) is 5.39. The van der Waals surface area contributed by atoms with Gasteiger partial charge in [0, 0.05) is 23.4 Å². The molecule has 1 N–H and O–H groups in total. The quantitative estimate of drug-likeness (QED) is 0.646. The van der Waals surface area contributed by atoms with Gasteiger partial charge in [0.15, 0.2) is 0 Å². The lowest BCUT2D eigenvalue weighted by atomic mass is 9.78. The molecule has 1 fully saturated rings. The van der Waals surface area contributed by atoms with E-state index in [1.54, 1.807) is 12.0 Å². The molecule has 0 aromatic carbocycles. The lowest BCUT2D eigenvalue weighted by Crippen LogP contribution is -2.27. The molecule has 0 amide bonds. The van der Waals surface area contributed by atoms with Crippen molar-refractivity contribution < 1.29 is 4.74 Å². The molecule has 0 bridgehead atoms. The van der Waals surface area contributed by atoms with Gasteiger partial charge in [-0.1, -0.05) is 19.8 Å². The van der Waals surface area contributed by atoms with Gasteiger partial charge in [0.25, 0.3) is 0 Å². The first-order valence-corrected chi connectivity index (χ1v) is 9.37. The average molecular weight is 310 g/mol. The molecule has 0 atom stereocenters. The van der Waals surface area contributed by atoms with Crippen molar-refractivity contribution in [3.63, 3.8) is 0 Å². The van der Waals surface area contributed by atoms with Crippen LogP contribution in [0.2, 0.25) is 0 Å². The zero-order valence-electron chi connectivity index (χ0n) is 13.7. The van der Waals surface area contributed by atoms with Crippen LogP contribution in [0.25, 0.3) is 0 Å². The topological polar surface area (TPSA) is 21.3 Å². The van der Waals surface area contributed by atoms with Gasteiger partial charge < -0.3 is 10.1 Å². The second kappa shape index (κ2) is 8.92. The predicted molar refractivity (Wildman–Crippen MR) is 92.3 cm³/mol. The normalized spacial score (nSPS) is 17.4. The number of methoxy groups -OCH3 is 1. The van der Waals surface area contributed by atoms with Crippen molar-refractivity contribution in [2.45, 2.75) is 58.3 Å². The van der Waals surface area contributed by atoms with Gasteiger partial charge in [0.1, 0.15) is 0 Å². The van der Waals surface area contributed by atoms with Gasteiger partial charge in [-0.25, -0.2) is 0 Å². The maximum absolute atomic E-state index is 5.10. The summed E-state index contributed by atoms with van der Waals surface area (Å²) in [4.78, 5) is 3.12. The number of nitrogens with one attached hydrogen (secondary N) is 1. The summed E-state index contributed by atoms with van der Waals surface area (Å²) in [6, 6.07) is 4.66. The summed E-state index contributed by atoms with van der Waals surface area (Å²) < 4.78 is 5.10. The fourth-order valence-corrected chi connectivity index (χ4v) is 4.50. The van der Waals surface area contributed by atoms with Crippen LogP contribution in [0.3, 0.4) is 0 Å². The Labute approximate surface area is 134 Å². The number of thiophene rings is 1. The fourth-order valence-electron chi connectivity index (χ4n) is 3.54. The maximum atomic E-state index is 5.10. The van der Waals surface area contributed by atoms with E-state index >= 15 is 0 Å². The average Bonchev–Trinajstić information content (AvgIpc) is 3.15. The van der Waals surface area contributed by atoms with Crippen LogP contribution >= 0.6 is 11.3 Å². The summed E-state index contributed by atoms with van der Waals surface area (Å²) in [6.45, 7) is 5.20. The van der Waals surface area contributed by atoms with Crippen LogP contribution in [0.4, 0.5) is 0 Å². The van der Waals surface area contributed by atoms with Crippen molar-refractivity contribution in [3.05, 3.63) is 21.9 Å². The van der Waals surface area contributed by atoms with Crippen LogP contribution in [0.1, 0.15) is 55.2 Å². The van der Waals surface area contributed by atoms with Crippen LogP contribution in [0, 0.1) is 5.41 Å².